The summed E-state index contributed by atoms with van der Waals surface area (Å²) in [5.74, 6) is -0.110. The zero-order valence-electron chi connectivity index (χ0n) is 19.6. The molecule has 2 amide bonds. The van der Waals surface area contributed by atoms with Crippen LogP contribution in [0.1, 0.15) is 41.5 Å². The zero-order valence-corrected chi connectivity index (χ0v) is 19.6. The minimum absolute atomic E-state index is 0.110. The second-order valence-corrected chi connectivity index (χ2v) is 9.66. The first-order chi connectivity index (χ1) is 14.3. The van der Waals surface area contributed by atoms with Crippen molar-refractivity contribution < 1.29 is 19.4 Å². The molecule has 9 nitrogen and oxygen atoms in total. The monoisotopic (exact) mass is 433 g/mol. The number of likely N-dealkylation sites (N-methyl/N-ethyl adjacent to an activating group) is 1. The topological polar surface area (TPSA) is 97.7 Å². The molecule has 31 heavy (non-hydrogen) atoms. The quantitative estimate of drug-likeness (QED) is 0.545. The van der Waals surface area contributed by atoms with Crippen LogP contribution in [-0.2, 0) is 4.74 Å². The van der Waals surface area contributed by atoms with Gasteiger partial charge >= 0.3 is 12.2 Å². The van der Waals surface area contributed by atoms with E-state index in [2.05, 4.69) is 27.2 Å². The Bertz CT molecular complexity index is 801. The van der Waals surface area contributed by atoms with Crippen LogP contribution in [-0.4, -0.2) is 77.4 Å². The number of carboxylic acid groups (broad SMARTS) is 1. The molecular formula is C22H35N5O4. The van der Waals surface area contributed by atoms with Crippen molar-refractivity contribution in [3.8, 4) is 0 Å². The number of hydrogen-bond donors (Lipinski definition) is 2. The maximum Gasteiger partial charge on any atom is 0.417 e. The fraction of sp³-hybridized carbons (Fsp3) is 0.591. The van der Waals surface area contributed by atoms with Crippen LogP contribution in [0.5, 0.6) is 0 Å². The fourth-order valence-corrected chi connectivity index (χ4v) is 3.14. The van der Waals surface area contributed by atoms with Crippen molar-refractivity contribution in [3.05, 3.63) is 24.3 Å². The summed E-state index contributed by atoms with van der Waals surface area (Å²) in [6.45, 7) is 14.5. The molecule has 9 heteroatoms. The third kappa shape index (κ3) is 7.43. The number of carbonyl (C=O) groups is 2. The zero-order chi connectivity index (χ0) is 23.4. The number of ether oxygens (including phenoxy) is 1. The Morgan fingerprint density at radius 2 is 1.58 bits per heavy atom. The molecule has 2 rings (SSSR count). The van der Waals surface area contributed by atoms with Gasteiger partial charge in [0, 0.05) is 37.4 Å². The molecule has 0 unspecified atom stereocenters. The molecule has 0 spiro atoms. The Morgan fingerprint density at radius 1 is 1.03 bits per heavy atom. The lowest BCUT2D eigenvalue weighted by atomic mass is 10.1. The molecule has 1 fully saturated rings. The summed E-state index contributed by atoms with van der Waals surface area (Å²) in [5.41, 5.74) is 0.0988. The summed E-state index contributed by atoms with van der Waals surface area (Å²) < 4.78 is 5.50. The number of nitrogens with zero attached hydrogens (tertiary/aromatic N) is 4. The molecule has 1 aromatic carbocycles. The first-order valence-electron chi connectivity index (χ1n) is 10.4. The molecule has 2 N–H and O–H groups in total. The van der Waals surface area contributed by atoms with E-state index in [1.165, 1.54) is 4.90 Å². The van der Waals surface area contributed by atoms with Crippen molar-refractivity contribution in [2.45, 2.75) is 52.7 Å². The number of aliphatic imine (C=N–C) groups is 1. The standard InChI is InChI=1S/C22H35N5O4/c1-21(2,3)27(20(30)31-22(4,5)6)18(24-19(28)29)23-16-8-10-17(11-9-16)26-14-12-25(7)13-15-26/h8-11H,12-15H2,1-7H3,(H,23,24)(H,28,29). The molecule has 0 saturated carbocycles. The molecule has 1 aromatic rings. The number of anilines is 1. The van der Waals surface area contributed by atoms with E-state index in [-0.39, 0.29) is 5.96 Å². The van der Waals surface area contributed by atoms with E-state index in [4.69, 9.17) is 4.74 Å². The van der Waals surface area contributed by atoms with Gasteiger partial charge in [-0.3, -0.25) is 5.32 Å². The van der Waals surface area contributed by atoms with Gasteiger partial charge in [0.2, 0.25) is 5.96 Å². The highest BCUT2D eigenvalue weighted by atomic mass is 16.6. The first-order valence-corrected chi connectivity index (χ1v) is 10.4. The predicted molar refractivity (Wildman–Crippen MR) is 122 cm³/mol. The Hall–Kier alpha value is -2.81. The molecule has 1 aliphatic heterocycles. The van der Waals surface area contributed by atoms with Gasteiger partial charge < -0.3 is 19.6 Å². The van der Waals surface area contributed by atoms with Gasteiger partial charge in [-0.15, -0.1) is 0 Å². The summed E-state index contributed by atoms with van der Waals surface area (Å²) in [5, 5.41) is 11.6. The van der Waals surface area contributed by atoms with E-state index in [1.54, 1.807) is 41.5 Å². The first kappa shape index (κ1) is 24.5. The third-order valence-electron chi connectivity index (χ3n) is 4.63. The highest BCUT2D eigenvalue weighted by molar-refractivity contribution is 6.02. The van der Waals surface area contributed by atoms with E-state index in [1.807, 2.05) is 24.3 Å². The van der Waals surface area contributed by atoms with Gasteiger partial charge in [-0.05, 0) is 72.9 Å². The van der Waals surface area contributed by atoms with Crippen LogP contribution in [0.3, 0.4) is 0 Å². The van der Waals surface area contributed by atoms with Crippen molar-refractivity contribution in [2.75, 3.05) is 38.1 Å². The van der Waals surface area contributed by atoms with E-state index in [0.717, 1.165) is 31.9 Å². The lowest BCUT2D eigenvalue weighted by Gasteiger charge is -2.36. The Labute approximate surface area is 184 Å². The number of amides is 2. The van der Waals surface area contributed by atoms with Crippen LogP contribution < -0.4 is 10.2 Å². The van der Waals surface area contributed by atoms with E-state index in [0.29, 0.717) is 5.69 Å². The Kier molecular flexibility index (Phi) is 7.54. The van der Waals surface area contributed by atoms with Crippen molar-refractivity contribution >= 4 is 29.5 Å². The van der Waals surface area contributed by atoms with Gasteiger partial charge in [-0.2, -0.15) is 0 Å². The average Bonchev–Trinajstić information content (AvgIpc) is 2.60. The Morgan fingerprint density at radius 3 is 2.03 bits per heavy atom. The molecule has 0 bridgehead atoms. The molecule has 1 saturated heterocycles. The number of benzene rings is 1. The van der Waals surface area contributed by atoms with Crippen molar-refractivity contribution in [1.29, 1.82) is 0 Å². The summed E-state index contributed by atoms with van der Waals surface area (Å²) in [6, 6.07) is 7.54. The van der Waals surface area contributed by atoms with Crippen LogP contribution in [0.2, 0.25) is 0 Å². The number of guanidine groups is 1. The molecule has 0 aromatic heterocycles. The van der Waals surface area contributed by atoms with E-state index < -0.39 is 23.3 Å². The average molecular weight is 434 g/mol. The smallest absolute Gasteiger partial charge is 0.417 e. The van der Waals surface area contributed by atoms with Crippen molar-refractivity contribution in [2.24, 2.45) is 4.99 Å². The number of hydrogen-bond acceptors (Lipinski definition) is 6. The third-order valence-corrected chi connectivity index (χ3v) is 4.63. The van der Waals surface area contributed by atoms with Gasteiger partial charge in [0.05, 0.1) is 5.69 Å². The summed E-state index contributed by atoms with van der Waals surface area (Å²) >= 11 is 0. The van der Waals surface area contributed by atoms with Crippen LogP contribution in [0.15, 0.2) is 29.3 Å². The second-order valence-electron chi connectivity index (χ2n) is 9.66. The molecule has 0 aliphatic carbocycles. The minimum Gasteiger partial charge on any atom is -0.465 e. The highest BCUT2D eigenvalue weighted by Crippen LogP contribution is 2.24. The maximum atomic E-state index is 12.9. The molecule has 1 aliphatic rings. The van der Waals surface area contributed by atoms with Gasteiger partial charge in [0.15, 0.2) is 0 Å². The summed E-state index contributed by atoms with van der Waals surface area (Å²) in [7, 11) is 2.11. The van der Waals surface area contributed by atoms with Crippen LogP contribution >= 0.6 is 0 Å². The number of piperazine rings is 1. The lowest BCUT2D eigenvalue weighted by Crippen LogP contribution is -2.56. The van der Waals surface area contributed by atoms with E-state index in [9.17, 15) is 14.7 Å². The largest absolute Gasteiger partial charge is 0.465 e. The molecule has 0 radical (unpaired) electrons. The number of carbonyl (C=O) groups excluding carboxylic acids is 1. The Balaban J connectivity index is 2.34. The normalized spacial score (nSPS) is 16.1. The SMILES string of the molecule is CN1CCN(c2ccc(N=C(NC(=O)O)N(C(=O)OC(C)(C)C)C(C)(C)C)cc2)CC1. The van der Waals surface area contributed by atoms with Gasteiger partial charge in [-0.25, -0.2) is 19.5 Å². The maximum absolute atomic E-state index is 12.9. The molecule has 1 heterocycles. The number of nitrogens with one attached hydrogen (secondary N) is 1. The molecular weight excluding hydrogens is 398 g/mol. The number of rotatable bonds is 2. The van der Waals surface area contributed by atoms with Crippen LogP contribution in [0.4, 0.5) is 21.0 Å². The van der Waals surface area contributed by atoms with Gasteiger partial charge in [-0.1, -0.05) is 0 Å². The van der Waals surface area contributed by atoms with Crippen LogP contribution in [0, 0.1) is 0 Å². The fourth-order valence-electron chi connectivity index (χ4n) is 3.14. The summed E-state index contributed by atoms with van der Waals surface area (Å²) in [4.78, 5) is 34.6. The van der Waals surface area contributed by atoms with Crippen molar-refractivity contribution in [1.82, 2.24) is 15.1 Å². The summed E-state index contributed by atoms with van der Waals surface area (Å²) in [6.07, 6.45) is -1.99. The van der Waals surface area contributed by atoms with Gasteiger partial charge in [0.1, 0.15) is 5.60 Å². The molecule has 0 atom stereocenters. The van der Waals surface area contributed by atoms with Crippen LogP contribution in [0.25, 0.3) is 0 Å². The van der Waals surface area contributed by atoms with E-state index >= 15 is 0 Å². The van der Waals surface area contributed by atoms with Gasteiger partial charge in [0.25, 0.3) is 0 Å². The molecule has 172 valence electrons. The lowest BCUT2D eigenvalue weighted by molar-refractivity contribution is 0.0243. The van der Waals surface area contributed by atoms with Crippen molar-refractivity contribution in [3.63, 3.8) is 0 Å². The predicted octanol–water partition coefficient (Wildman–Crippen LogP) is 3.73. The minimum atomic E-state index is -1.31. The second kappa shape index (κ2) is 9.55. The highest BCUT2D eigenvalue weighted by Gasteiger charge is 2.35.